The molecule has 0 fully saturated rings. The molecule has 0 spiro atoms. The van der Waals surface area contributed by atoms with Gasteiger partial charge in [-0.1, -0.05) is 6.08 Å². The Balaban J connectivity index is 1.62. The Bertz CT molecular complexity index is 1370. The van der Waals surface area contributed by atoms with Crippen molar-refractivity contribution >= 4 is 39.3 Å². The van der Waals surface area contributed by atoms with E-state index in [9.17, 15) is 4.79 Å². The third-order valence-electron chi connectivity index (χ3n) is 5.87. The molecule has 0 saturated carbocycles. The van der Waals surface area contributed by atoms with Gasteiger partial charge in [0.05, 0.1) is 33.7 Å². The van der Waals surface area contributed by atoms with E-state index in [1.165, 1.54) is 29.8 Å². The molecule has 1 aliphatic carbocycles. The van der Waals surface area contributed by atoms with Gasteiger partial charge in [0.25, 0.3) is 5.91 Å². The summed E-state index contributed by atoms with van der Waals surface area (Å²) in [6.45, 7) is 1.96. The second-order valence-corrected chi connectivity index (χ2v) is 9.69. The normalized spacial score (nSPS) is 13.9. The van der Waals surface area contributed by atoms with Crippen LogP contribution in [0.1, 0.15) is 46.6 Å². The van der Waals surface area contributed by atoms with Gasteiger partial charge >= 0.3 is 0 Å². The Hall–Kier alpha value is -3.46. The van der Waals surface area contributed by atoms with Crippen molar-refractivity contribution in [3.05, 3.63) is 53.1 Å². The number of amides is 1. The molecule has 4 heterocycles. The molecule has 4 aromatic heterocycles. The molecular formula is C24H27N7OS. The van der Waals surface area contributed by atoms with Gasteiger partial charge in [0.15, 0.2) is 11.5 Å². The molecule has 0 unspecified atom stereocenters. The van der Waals surface area contributed by atoms with E-state index in [1.54, 1.807) is 23.7 Å². The number of hydrogen-bond acceptors (Lipinski definition) is 6. The molecule has 33 heavy (non-hydrogen) atoms. The number of allylic oxidation sites excluding steroid dienone is 2. The predicted octanol–water partition coefficient (Wildman–Crippen LogP) is 4.90. The highest BCUT2D eigenvalue weighted by atomic mass is 32.1. The number of carbonyl (C=O) groups is 1. The number of rotatable bonds is 5. The van der Waals surface area contributed by atoms with Gasteiger partial charge in [-0.3, -0.25) is 13.9 Å². The number of aromatic nitrogens is 5. The maximum absolute atomic E-state index is 12.5. The van der Waals surface area contributed by atoms with Gasteiger partial charge in [-0.15, -0.1) is 11.3 Å². The van der Waals surface area contributed by atoms with Gasteiger partial charge < -0.3 is 10.2 Å². The highest BCUT2D eigenvalue weighted by Gasteiger charge is 2.19. The van der Waals surface area contributed by atoms with E-state index >= 15 is 0 Å². The summed E-state index contributed by atoms with van der Waals surface area (Å²) in [5, 5.41) is 8.65. The Morgan fingerprint density at radius 1 is 1.21 bits per heavy atom. The van der Waals surface area contributed by atoms with Crippen molar-refractivity contribution in [2.45, 2.75) is 32.6 Å². The number of imidazole rings is 1. The molecule has 8 nitrogen and oxygen atoms in total. The topological polar surface area (TPSA) is 80.3 Å². The molecule has 1 N–H and O–H groups in total. The first-order chi connectivity index (χ1) is 15.9. The molecule has 0 aromatic carbocycles. The maximum Gasteiger partial charge on any atom is 0.263 e. The first-order valence-electron chi connectivity index (χ1n) is 11.1. The number of anilines is 2. The number of aryl methyl sites for hydroxylation is 2. The standard InChI is InChI=1S/C24H27N7OS/c1-15-10-20(33-21(15)24(32)29(2)3)28-22-23-25-12-19(17-11-26-30(4)13-17)31(23)14-18(27-22)16-8-6-5-7-9-16/h8,10-14H,5-7,9H2,1-4H3,(H,27,28). The Labute approximate surface area is 196 Å². The van der Waals surface area contributed by atoms with Crippen LogP contribution in [0.3, 0.4) is 0 Å². The van der Waals surface area contributed by atoms with Gasteiger partial charge in [-0.05, 0) is 49.8 Å². The second-order valence-electron chi connectivity index (χ2n) is 8.64. The van der Waals surface area contributed by atoms with E-state index in [0.29, 0.717) is 5.82 Å². The molecule has 0 saturated heterocycles. The second kappa shape index (κ2) is 8.47. The third-order valence-corrected chi connectivity index (χ3v) is 7.01. The fourth-order valence-corrected chi connectivity index (χ4v) is 5.23. The van der Waals surface area contributed by atoms with Crippen LogP contribution in [0.4, 0.5) is 10.8 Å². The molecule has 0 atom stereocenters. The average Bonchev–Trinajstić information content (AvgIpc) is 3.52. The minimum atomic E-state index is 0.00411. The van der Waals surface area contributed by atoms with Gasteiger partial charge in [0, 0.05) is 39.1 Å². The van der Waals surface area contributed by atoms with E-state index in [0.717, 1.165) is 50.9 Å². The average molecular weight is 462 g/mol. The van der Waals surface area contributed by atoms with Crippen molar-refractivity contribution in [3.63, 3.8) is 0 Å². The molecule has 5 rings (SSSR count). The summed E-state index contributed by atoms with van der Waals surface area (Å²) in [6, 6.07) is 2.00. The summed E-state index contributed by atoms with van der Waals surface area (Å²) in [5.74, 6) is 0.684. The summed E-state index contributed by atoms with van der Waals surface area (Å²) >= 11 is 1.44. The van der Waals surface area contributed by atoms with Gasteiger partial charge in [0.2, 0.25) is 0 Å². The Morgan fingerprint density at radius 2 is 2.06 bits per heavy atom. The van der Waals surface area contributed by atoms with Crippen LogP contribution in [0.5, 0.6) is 0 Å². The van der Waals surface area contributed by atoms with Crippen LogP contribution < -0.4 is 5.32 Å². The zero-order valence-electron chi connectivity index (χ0n) is 19.3. The van der Waals surface area contributed by atoms with Crippen LogP contribution in [0, 0.1) is 6.92 Å². The Kier molecular flexibility index (Phi) is 5.49. The number of nitrogens with one attached hydrogen (secondary N) is 1. The molecular weight excluding hydrogens is 434 g/mol. The zero-order valence-corrected chi connectivity index (χ0v) is 20.1. The van der Waals surface area contributed by atoms with Crippen LogP contribution in [-0.4, -0.2) is 49.1 Å². The lowest BCUT2D eigenvalue weighted by molar-refractivity contribution is 0.0831. The quantitative estimate of drug-likeness (QED) is 0.457. The number of hydrogen-bond donors (Lipinski definition) is 1. The van der Waals surface area contributed by atoms with Crippen molar-refractivity contribution in [1.82, 2.24) is 29.0 Å². The summed E-state index contributed by atoms with van der Waals surface area (Å²) in [5.41, 5.74) is 5.86. The van der Waals surface area contributed by atoms with Crippen LogP contribution in [0.2, 0.25) is 0 Å². The molecule has 4 aromatic rings. The van der Waals surface area contributed by atoms with E-state index in [2.05, 4.69) is 27.1 Å². The minimum Gasteiger partial charge on any atom is -0.344 e. The fourth-order valence-electron chi connectivity index (χ4n) is 4.14. The van der Waals surface area contributed by atoms with Gasteiger partial charge in [-0.2, -0.15) is 5.10 Å². The van der Waals surface area contributed by atoms with Crippen LogP contribution in [0.15, 0.2) is 36.9 Å². The molecule has 0 aliphatic heterocycles. The summed E-state index contributed by atoms with van der Waals surface area (Å²) in [4.78, 5) is 24.5. The van der Waals surface area contributed by atoms with E-state index < -0.39 is 0 Å². The lowest BCUT2D eigenvalue weighted by atomic mass is 9.97. The largest absolute Gasteiger partial charge is 0.344 e. The smallest absolute Gasteiger partial charge is 0.263 e. The SMILES string of the molecule is Cc1cc(Nc2nc(C3=CCCCC3)cn3c(-c4cnn(C)c4)cnc23)sc1C(=O)N(C)C. The van der Waals surface area contributed by atoms with Crippen LogP contribution >= 0.6 is 11.3 Å². The molecule has 0 bridgehead atoms. The highest BCUT2D eigenvalue weighted by Crippen LogP contribution is 2.34. The van der Waals surface area contributed by atoms with Crippen LogP contribution in [-0.2, 0) is 7.05 Å². The fraction of sp³-hybridized carbons (Fsp3) is 0.333. The van der Waals surface area contributed by atoms with Gasteiger partial charge in [0.1, 0.15) is 0 Å². The highest BCUT2D eigenvalue weighted by molar-refractivity contribution is 7.18. The summed E-state index contributed by atoms with van der Waals surface area (Å²) < 4.78 is 3.88. The Morgan fingerprint density at radius 3 is 2.76 bits per heavy atom. The summed E-state index contributed by atoms with van der Waals surface area (Å²) in [6.07, 6.45) is 14.6. The number of nitrogens with zero attached hydrogens (tertiary/aromatic N) is 6. The minimum absolute atomic E-state index is 0.00411. The van der Waals surface area contributed by atoms with E-state index in [4.69, 9.17) is 9.97 Å². The number of thiophene rings is 1. The van der Waals surface area contributed by atoms with Crippen molar-refractivity contribution in [2.24, 2.45) is 7.05 Å². The lowest BCUT2D eigenvalue weighted by Gasteiger charge is -2.15. The van der Waals surface area contributed by atoms with Crippen molar-refractivity contribution in [3.8, 4) is 11.3 Å². The predicted molar refractivity (Wildman–Crippen MR) is 132 cm³/mol. The number of fused-ring (bicyclic) bond motifs is 1. The zero-order chi connectivity index (χ0) is 23.1. The van der Waals surface area contributed by atoms with E-state index in [-0.39, 0.29) is 5.91 Å². The van der Waals surface area contributed by atoms with Crippen molar-refractivity contribution in [1.29, 1.82) is 0 Å². The molecule has 1 aliphatic rings. The first kappa shape index (κ1) is 21.4. The van der Waals surface area contributed by atoms with Gasteiger partial charge in [-0.25, -0.2) is 9.97 Å². The molecule has 1 amide bonds. The monoisotopic (exact) mass is 461 g/mol. The lowest BCUT2D eigenvalue weighted by Crippen LogP contribution is -2.21. The third kappa shape index (κ3) is 4.04. The van der Waals surface area contributed by atoms with Crippen molar-refractivity contribution in [2.75, 3.05) is 19.4 Å². The molecule has 170 valence electrons. The number of carbonyl (C=O) groups excluding carboxylic acids is 1. The van der Waals surface area contributed by atoms with Crippen molar-refractivity contribution < 1.29 is 4.79 Å². The van der Waals surface area contributed by atoms with Crippen LogP contribution in [0.25, 0.3) is 22.5 Å². The van der Waals surface area contributed by atoms with E-state index in [1.807, 2.05) is 38.6 Å². The summed E-state index contributed by atoms with van der Waals surface area (Å²) in [7, 11) is 5.45. The molecule has 0 radical (unpaired) electrons. The maximum atomic E-state index is 12.5. The first-order valence-corrected chi connectivity index (χ1v) is 11.9. The molecule has 9 heteroatoms.